The van der Waals surface area contributed by atoms with E-state index in [9.17, 15) is 4.39 Å². The number of rotatable bonds is 2. The van der Waals surface area contributed by atoms with Gasteiger partial charge in [-0.1, -0.05) is 11.8 Å². The van der Waals surface area contributed by atoms with Gasteiger partial charge in [-0.15, -0.1) is 0 Å². The van der Waals surface area contributed by atoms with Crippen LogP contribution >= 0.6 is 11.8 Å². The van der Waals surface area contributed by atoms with E-state index in [0.29, 0.717) is 17.1 Å². The molecule has 0 bridgehead atoms. The van der Waals surface area contributed by atoms with Crippen molar-refractivity contribution >= 4 is 23.3 Å². The van der Waals surface area contributed by atoms with Crippen LogP contribution in [0.25, 0.3) is 5.70 Å². The van der Waals surface area contributed by atoms with Crippen molar-refractivity contribution in [3.63, 3.8) is 0 Å². The van der Waals surface area contributed by atoms with Crippen LogP contribution in [0.2, 0.25) is 0 Å². The van der Waals surface area contributed by atoms with Crippen LogP contribution < -0.4 is 10.6 Å². The summed E-state index contributed by atoms with van der Waals surface area (Å²) in [6.45, 7) is 0. The van der Waals surface area contributed by atoms with Gasteiger partial charge in [0.2, 0.25) is 0 Å². The maximum atomic E-state index is 14.0. The second-order valence-corrected chi connectivity index (χ2v) is 4.63. The lowest BCUT2D eigenvalue weighted by Gasteiger charge is -2.23. The van der Waals surface area contributed by atoms with Gasteiger partial charge in [-0.25, -0.2) is 4.98 Å². The Balaban J connectivity index is 2.07. The van der Waals surface area contributed by atoms with Gasteiger partial charge in [0.25, 0.3) is 0 Å². The second-order valence-electron chi connectivity index (χ2n) is 3.55. The number of halogens is 1. The lowest BCUT2D eigenvalue weighted by molar-refractivity contribution is 0.703. The first kappa shape index (κ1) is 11.2. The Morgan fingerprint density at radius 3 is 2.94 bits per heavy atom. The average Bonchev–Trinajstić information content (AvgIpc) is 2.97. The molecule has 18 heavy (non-hydrogen) atoms. The van der Waals surface area contributed by atoms with Gasteiger partial charge in [-0.3, -0.25) is 15.0 Å². The minimum Gasteiger partial charge on any atom is -0.302 e. The van der Waals surface area contributed by atoms with Crippen molar-refractivity contribution in [1.29, 1.82) is 0 Å². The van der Waals surface area contributed by atoms with Gasteiger partial charge in [0.05, 0.1) is 18.1 Å². The fourth-order valence-corrected chi connectivity index (χ4v) is 2.59. The van der Waals surface area contributed by atoms with Crippen LogP contribution in [0.1, 0.15) is 5.56 Å². The van der Waals surface area contributed by atoms with E-state index in [4.69, 9.17) is 5.73 Å². The van der Waals surface area contributed by atoms with Crippen LogP contribution in [0.15, 0.2) is 36.1 Å². The van der Waals surface area contributed by atoms with Crippen LogP contribution in [-0.4, -0.2) is 25.7 Å². The van der Waals surface area contributed by atoms with Gasteiger partial charge in [0, 0.05) is 24.2 Å². The molecule has 8 heteroatoms. The van der Waals surface area contributed by atoms with E-state index in [0.717, 1.165) is 11.8 Å². The number of thioether (sulfide) groups is 1. The number of H-pyrrole nitrogens is 1. The van der Waals surface area contributed by atoms with Crippen molar-refractivity contribution < 1.29 is 4.39 Å². The highest BCUT2D eigenvalue weighted by Crippen LogP contribution is 2.43. The zero-order chi connectivity index (χ0) is 12.5. The first-order valence-electron chi connectivity index (χ1n) is 5.14. The van der Waals surface area contributed by atoms with Crippen LogP contribution in [0.3, 0.4) is 0 Å². The van der Waals surface area contributed by atoms with Crippen molar-refractivity contribution in [2.24, 2.45) is 5.73 Å². The normalized spacial score (nSPS) is 19.7. The number of nitrogens with two attached hydrogens (primary N) is 1. The summed E-state index contributed by atoms with van der Waals surface area (Å²) in [4.78, 5) is 9.71. The molecule has 3 N–H and O–H groups in total. The molecule has 3 rings (SSSR count). The highest BCUT2D eigenvalue weighted by molar-refractivity contribution is 8.04. The third kappa shape index (κ3) is 1.75. The molecule has 3 heterocycles. The van der Waals surface area contributed by atoms with E-state index in [1.807, 2.05) is 0 Å². The van der Waals surface area contributed by atoms with E-state index in [2.05, 4.69) is 20.2 Å². The number of aromatic amines is 1. The van der Waals surface area contributed by atoms with Gasteiger partial charge in [-0.05, 0) is 0 Å². The molecule has 0 saturated carbocycles. The molecule has 6 nitrogen and oxygen atoms in total. The second kappa shape index (κ2) is 4.39. The molecule has 2 aromatic rings. The molecule has 92 valence electrons. The summed E-state index contributed by atoms with van der Waals surface area (Å²) in [5.41, 5.74) is 6.33. The van der Waals surface area contributed by atoms with Gasteiger partial charge >= 0.3 is 0 Å². The van der Waals surface area contributed by atoms with E-state index >= 15 is 0 Å². The zero-order valence-electron chi connectivity index (χ0n) is 9.12. The molecule has 1 atom stereocenters. The lowest BCUT2D eigenvalue weighted by Crippen LogP contribution is -2.35. The summed E-state index contributed by atoms with van der Waals surface area (Å²) < 4.78 is 14.0. The first-order valence-corrected chi connectivity index (χ1v) is 6.02. The predicted molar refractivity (Wildman–Crippen MR) is 66.7 cm³/mol. The minimum atomic E-state index is -0.563. The van der Waals surface area contributed by atoms with E-state index in [1.165, 1.54) is 12.4 Å². The number of aromatic nitrogens is 4. The topological polar surface area (TPSA) is 83.7 Å². The molecular weight excluding hydrogens is 255 g/mol. The van der Waals surface area contributed by atoms with Gasteiger partial charge < -0.3 is 5.73 Å². The maximum absolute atomic E-state index is 14.0. The summed E-state index contributed by atoms with van der Waals surface area (Å²) in [5, 5.41) is 6.11. The van der Waals surface area contributed by atoms with Crippen molar-refractivity contribution in [1.82, 2.24) is 20.2 Å². The third-order valence-corrected chi connectivity index (χ3v) is 3.33. The number of nitrogens with one attached hydrogen (secondary N) is 1. The molecule has 1 aliphatic heterocycles. The zero-order valence-corrected chi connectivity index (χ0v) is 9.93. The summed E-state index contributed by atoms with van der Waals surface area (Å²) in [5.74, 6) is 0.501. The molecule has 0 aliphatic carbocycles. The molecule has 0 amide bonds. The Labute approximate surface area is 106 Å². The van der Waals surface area contributed by atoms with Crippen LogP contribution in [-0.2, 0) is 0 Å². The quantitative estimate of drug-likeness (QED) is 0.850. The Morgan fingerprint density at radius 1 is 1.39 bits per heavy atom. The Kier molecular flexibility index (Phi) is 2.73. The van der Waals surface area contributed by atoms with Gasteiger partial charge in [0.15, 0.2) is 11.0 Å². The van der Waals surface area contributed by atoms with Crippen LogP contribution in [0.4, 0.5) is 10.2 Å². The van der Waals surface area contributed by atoms with E-state index in [-0.39, 0.29) is 5.16 Å². The highest BCUT2D eigenvalue weighted by Gasteiger charge is 2.34. The molecule has 2 aromatic heterocycles. The largest absolute Gasteiger partial charge is 0.302 e. The summed E-state index contributed by atoms with van der Waals surface area (Å²) in [6.07, 6.45) is 7.78. The Morgan fingerprint density at radius 2 is 2.28 bits per heavy atom. The van der Waals surface area contributed by atoms with Gasteiger partial charge in [-0.2, -0.15) is 9.49 Å². The number of nitrogens with zero attached hydrogens (tertiary/aromatic N) is 4. The minimum absolute atomic E-state index is 0.352. The molecular formula is C10H9FN6S. The average molecular weight is 264 g/mol. The number of hydrogen-bond donors (Lipinski definition) is 2. The molecule has 0 radical (unpaired) electrons. The SMILES string of the molecule is NC1SC(F)=C(c2cn[nH]c2)N1c1cnccn1. The van der Waals surface area contributed by atoms with Gasteiger partial charge in [0.1, 0.15) is 5.50 Å². The number of anilines is 1. The number of hydrogen-bond acceptors (Lipinski definition) is 6. The molecule has 0 saturated heterocycles. The third-order valence-electron chi connectivity index (χ3n) is 2.47. The maximum Gasteiger partial charge on any atom is 0.184 e. The van der Waals surface area contributed by atoms with Crippen molar-refractivity contribution in [3.8, 4) is 0 Å². The highest BCUT2D eigenvalue weighted by atomic mass is 32.2. The fourth-order valence-electron chi connectivity index (χ4n) is 1.73. The molecule has 0 spiro atoms. The standard InChI is InChI=1S/C10H9FN6S/c11-9-8(6-3-15-16-4-6)17(10(12)18-9)7-5-13-1-2-14-7/h1-5,10H,12H2,(H,15,16). The van der Waals surface area contributed by atoms with Crippen LogP contribution in [0.5, 0.6) is 0 Å². The summed E-state index contributed by atoms with van der Waals surface area (Å²) >= 11 is 0.937. The Hall–Kier alpha value is -1.93. The van der Waals surface area contributed by atoms with Crippen molar-refractivity contribution in [3.05, 3.63) is 41.7 Å². The summed E-state index contributed by atoms with van der Waals surface area (Å²) in [7, 11) is 0. The smallest absolute Gasteiger partial charge is 0.184 e. The predicted octanol–water partition coefficient (Wildman–Crippen LogP) is 1.29. The van der Waals surface area contributed by atoms with Crippen LogP contribution in [0, 0.1) is 0 Å². The molecule has 1 aliphatic rings. The lowest BCUT2D eigenvalue weighted by atomic mass is 10.2. The van der Waals surface area contributed by atoms with E-state index < -0.39 is 5.50 Å². The Bertz CT molecular complexity index is 569. The fraction of sp³-hybridized carbons (Fsp3) is 0.100. The monoisotopic (exact) mass is 264 g/mol. The van der Waals surface area contributed by atoms with Crippen molar-refractivity contribution in [2.75, 3.05) is 4.90 Å². The molecule has 0 aromatic carbocycles. The van der Waals surface area contributed by atoms with E-state index in [1.54, 1.807) is 23.5 Å². The van der Waals surface area contributed by atoms with Crippen molar-refractivity contribution in [2.45, 2.75) is 5.50 Å². The first-order chi connectivity index (χ1) is 8.77. The summed E-state index contributed by atoms with van der Waals surface area (Å²) in [6, 6.07) is 0. The molecule has 1 unspecified atom stereocenters. The molecule has 0 fully saturated rings.